The van der Waals surface area contributed by atoms with Gasteiger partial charge in [0.05, 0.1) is 0 Å². The van der Waals surface area contributed by atoms with Gasteiger partial charge in [-0.05, 0) is 20.0 Å². The molecule has 0 aromatic carbocycles. The molecule has 0 aromatic rings. The maximum absolute atomic E-state index is 11.1. The zero-order chi connectivity index (χ0) is 10.1. The van der Waals surface area contributed by atoms with Gasteiger partial charge in [0.2, 0.25) is 5.91 Å². The largest absolute Gasteiger partial charge is 0.355 e. The van der Waals surface area contributed by atoms with E-state index in [0.29, 0.717) is 12.3 Å². The molecule has 0 aromatic heterocycles. The third-order valence-corrected chi connectivity index (χ3v) is 2.16. The topological polar surface area (TPSA) is 32.3 Å². The average molecular weight is 207 g/mol. The molecule has 0 aliphatic carbocycles. The van der Waals surface area contributed by atoms with Gasteiger partial charge in [-0.25, -0.2) is 0 Å². The van der Waals surface area contributed by atoms with Crippen LogP contribution in [0.2, 0.25) is 0 Å². The Labute approximate surface area is 85.4 Å². The van der Waals surface area contributed by atoms with Gasteiger partial charge in [-0.15, -0.1) is 11.6 Å². The Morgan fingerprint density at radius 1 is 1.54 bits per heavy atom. The lowest BCUT2D eigenvalue weighted by Crippen LogP contribution is -2.32. The summed E-state index contributed by atoms with van der Waals surface area (Å²) in [6.45, 7) is 4.74. The minimum atomic E-state index is 0.102. The van der Waals surface area contributed by atoms with E-state index >= 15 is 0 Å². The Kier molecular flexibility index (Phi) is 8.14. The SMILES string of the molecule is CCN(C)CCNC(=O)CCCCl. The molecule has 0 radical (unpaired) electrons. The highest BCUT2D eigenvalue weighted by atomic mass is 35.5. The number of halogens is 1. The Hall–Kier alpha value is -0.280. The van der Waals surface area contributed by atoms with E-state index in [2.05, 4.69) is 17.1 Å². The number of alkyl halides is 1. The standard InChI is InChI=1S/C9H19ClN2O/c1-3-12(2)8-7-11-9(13)5-4-6-10/h3-8H2,1-2H3,(H,11,13). The van der Waals surface area contributed by atoms with Gasteiger partial charge in [0, 0.05) is 25.4 Å². The van der Waals surface area contributed by atoms with Crippen LogP contribution in [0.25, 0.3) is 0 Å². The summed E-state index contributed by atoms with van der Waals surface area (Å²) in [5.74, 6) is 0.660. The van der Waals surface area contributed by atoms with Crippen LogP contribution in [0.5, 0.6) is 0 Å². The molecular formula is C9H19ClN2O. The molecule has 0 atom stereocenters. The molecule has 0 saturated heterocycles. The van der Waals surface area contributed by atoms with Crippen LogP contribution < -0.4 is 5.32 Å². The van der Waals surface area contributed by atoms with Gasteiger partial charge in [0.1, 0.15) is 0 Å². The van der Waals surface area contributed by atoms with Crippen LogP contribution in [-0.2, 0) is 4.79 Å². The van der Waals surface area contributed by atoms with Gasteiger partial charge < -0.3 is 10.2 Å². The number of carbonyl (C=O) groups is 1. The van der Waals surface area contributed by atoms with E-state index in [9.17, 15) is 4.79 Å². The first kappa shape index (κ1) is 12.7. The maximum atomic E-state index is 11.1. The molecule has 0 heterocycles. The molecule has 0 bridgehead atoms. The minimum Gasteiger partial charge on any atom is -0.355 e. The quantitative estimate of drug-likeness (QED) is 0.633. The van der Waals surface area contributed by atoms with Gasteiger partial charge in [-0.2, -0.15) is 0 Å². The van der Waals surface area contributed by atoms with E-state index in [1.165, 1.54) is 0 Å². The predicted octanol–water partition coefficient (Wildman–Crippen LogP) is 1.07. The predicted molar refractivity (Wildman–Crippen MR) is 56.1 cm³/mol. The van der Waals surface area contributed by atoms with Crippen LogP contribution in [-0.4, -0.2) is 43.4 Å². The molecule has 1 amide bonds. The third kappa shape index (κ3) is 8.06. The Morgan fingerprint density at radius 3 is 2.77 bits per heavy atom. The highest BCUT2D eigenvalue weighted by Gasteiger charge is 2.00. The summed E-state index contributed by atoms with van der Waals surface area (Å²) >= 11 is 5.46. The van der Waals surface area contributed by atoms with E-state index in [-0.39, 0.29) is 5.91 Å². The van der Waals surface area contributed by atoms with Crippen LogP contribution in [0.3, 0.4) is 0 Å². The fourth-order valence-electron chi connectivity index (χ4n) is 0.860. The highest BCUT2D eigenvalue weighted by molar-refractivity contribution is 6.17. The molecule has 0 rings (SSSR count). The van der Waals surface area contributed by atoms with Gasteiger partial charge in [0.25, 0.3) is 0 Å². The lowest BCUT2D eigenvalue weighted by Gasteiger charge is -2.13. The highest BCUT2D eigenvalue weighted by Crippen LogP contribution is 1.90. The van der Waals surface area contributed by atoms with E-state index in [0.717, 1.165) is 26.1 Å². The van der Waals surface area contributed by atoms with Gasteiger partial charge in [-0.1, -0.05) is 6.92 Å². The molecule has 0 aliphatic heterocycles. The van der Waals surface area contributed by atoms with Crippen LogP contribution in [0.1, 0.15) is 19.8 Å². The van der Waals surface area contributed by atoms with Crippen molar-refractivity contribution in [3.05, 3.63) is 0 Å². The summed E-state index contributed by atoms with van der Waals surface area (Å²) in [6.07, 6.45) is 1.30. The number of carbonyl (C=O) groups excluding carboxylic acids is 1. The summed E-state index contributed by atoms with van der Waals surface area (Å²) in [5.41, 5.74) is 0. The molecule has 0 unspecified atom stereocenters. The Bertz CT molecular complexity index is 142. The van der Waals surface area contributed by atoms with E-state index in [1.54, 1.807) is 0 Å². The number of rotatable bonds is 7. The lowest BCUT2D eigenvalue weighted by molar-refractivity contribution is -0.121. The Morgan fingerprint density at radius 2 is 2.23 bits per heavy atom. The van der Waals surface area contributed by atoms with Crippen molar-refractivity contribution in [2.45, 2.75) is 19.8 Å². The average Bonchev–Trinajstić information content (AvgIpc) is 2.14. The number of likely N-dealkylation sites (N-methyl/N-ethyl adjacent to an activating group) is 1. The number of hydrogen-bond donors (Lipinski definition) is 1. The van der Waals surface area contributed by atoms with Crippen molar-refractivity contribution >= 4 is 17.5 Å². The van der Waals surface area contributed by atoms with Crippen molar-refractivity contribution < 1.29 is 4.79 Å². The van der Waals surface area contributed by atoms with Crippen molar-refractivity contribution in [3.8, 4) is 0 Å². The summed E-state index contributed by atoms with van der Waals surface area (Å²) in [4.78, 5) is 13.2. The van der Waals surface area contributed by atoms with Crippen molar-refractivity contribution in [3.63, 3.8) is 0 Å². The third-order valence-electron chi connectivity index (χ3n) is 1.89. The van der Waals surface area contributed by atoms with Crippen LogP contribution in [0.15, 0.2) is 0 Å². The van der Waals surface area contributed by atoms with E-state index in [4.69, 9.17) is 11.6 Å². The maximum Gasteiger partial charge on any atom is 0.220 e. The van der Waals surface area contributed by atoms with Crippen molar-refractivity contribution in [1.82, 2.24) is 10.2 Å². The van der Waals surface area contributed by atoms with Crippen molar-refractivity contribution in [2.24, 2.45) is 0 Å². The summed E-state index contributed by atoms with van der Waals surface area (Å²) < 4.78 is 0. The lowest BCUT2D eigenvalue weighted by atomic mass is 10.3. The molecule has 4 heteroatoms. The second-order valence-corrected chi connectivity index (χ2v) is 3.42. The molecule has 0 fully saturated rings. The zero-order valence-corrected chi connectivity index (χ0v) is 9.23. The minimum absolute atomic E-state index is 0.102. The molecule has 13 heavy (non-hydrogen) atoms. The molecular weight excluding hydrogens is 188 g/mol. The second-order valence-electron chi connectivity index (χ2n) is 3.04. The second kappa shape index (κ2) is 8.32. The number of hydrogen-bond acceptors (Lipinski definition) is 2. The fraction of sp³-hybridized carbons (Fsp3) is 0.889. The summed E-state index contributed by atoms with van der Waals surface area (Å²) in [6, 6.07) is 0. The first-order valence-corrected chi connectivity index (χ1v) is 5.25. The molecule has 0 aliphatic rings. The van der Waals surface area contributed by atoms with Crippen LogP contribution >= 0.6 is 11.6 Å². The number of nitrogens with one attached hydrogen (secondary N) is 1. The Balaban J connectivity index is 3.26. The number of amides is 1. The monoisotopic (exact) mass is 206 g/mol. The molecule has 0 spiro atoms. The van der Waals surface area contributed by atoms with Gasteiger partial charge >= 0.3 is 0 Å². The van der Waals surface area contributed by atoms with Crippen LogP contribution in [0.4, 0.5) is 0 Å². The van der Waals surface area contributed by atoms with Crippen molar-refractivity contribution in [1.29, 1.82) is 0 Å². The van der Waals surface area contributed by atoms with Gasteiger partial charge in [-0.3, -0.25) is 4.79 Å². The normalized spacial score (nSPS) is 10.5. The van der Waals surface area contributed by atoms with Gasteiger partial charge in [0.15, 0.2) is 0 Å². The molecule has 78 valence electrons. The first-order valence-electron chi connectivity index (χ1n) is 4.72. The molecule has 3 nitrogen and oxygen atoms in total. The van der Waals surface area contributed by atoms with Crippen molar-refractivity contribution in [2.75, 3.05) is 32.6 Å². The summed E-state index contributed by atoms with van der Waals surface area (Å²) in [5, 5.41) is 2.84. The van der Waals surface area contributed by atoms with E-state index in [1.807, 2.05) is 7.05 Å². The van der Waals surface area contributed by atoms with Crippen LogP contribution in [0, 0.1) is 0 Å². The molecule has 0 saturated carbocycles. The number of nitrogens with zero attached hydrogens (tertiary/aromatic N) is 1. The van der Waals surface area contributed by atoms with E-state index < -0.39 is 0 Å². The first-order chi connectivity index (χ1) is 6.20. The fourth-order valence-corrected chi connectivity index (χ4v) is 0.994. The smallest absolute Gasteiger partial charge is 0.220 e. The summed E-state index contributed by atoms with van der Waals surface area (Å²) in [7, 11) is 2.03. The molecule has 1 N–H and O–H groups in total. The zero-order valence-electron chi connectivity index (χ0n) is 8.48.